The molecule has 0 aliphatic rings. The lowest BCUT2D eigenvalue weighted by molar-refractivity contribution is 0.0951. The standard InChI is InChI=1S/C16H18ClN3O/c1-3-18-15-8-7-12(17)9-14(15)16(21)19-10-13-6-4-5-11(2)20-13/h4-9,18H,3,10H2,1-2H3,(H,19,21). The maximum atomic E-state index is 12.3. The summed E-state index contributed by atoms with van der Waals surface area (Å²) in [6.45, 7) is 5.03. The number of nitrogens with one attached hydrogen (secondary N) is 2. The summed E-state index contributed by atoms with van der Waals surface area (Å²) in [6.07, 6.45) is 0. The Kier molecular flexibility index (Phi) is 5.17. The van der Waals surface area contributed by atoms with Gasteiger partial charge in [0.05, 0.1) is 17.8 Å². The minimum absolute atomic E-state index is 0.170. The van der Waals surface area contributed by atoms with Crippen LogP contribution in [0.2, 0.25) is 5.02 Å². The summed E-state index contributed by atoms with van der Waals surface area (Å²) in [5.41, 5.74) is 3.07. The van der Waals surface area contributed by atoms with Crippen molar-refractivity contribution in [1.82, 2.24) is 10.3 Å². The minimum Gasteiger partial charge on any atom is -0.385 e. The van der Waals surface area contributed by atoms with Crippen LogP contribution in [0.25, 0.3) is 0 Å². The van der Waals surface area contributed by atoms with E-state index in [-0.39, 0.29) is 5.91 Å². The van der Waals surface area contributed by atoms with Gasteiger partial charge >= 0.3 is 0 Å². The van der Waals surface area contributed by atoms with Crippen molar-refractivity contribution in [2.45, 2.75) is 20.4 Å². The molecule has 0 saturated carbocycles. The van der Waals surface area contributed by atoms with E-state index in [9.17, 15) is 4.79 Å². The van der Waals surface area contributed by atoms with Crippen LogP contribution in [0.5, 0.6) is 0 Å². The first-order chi connectivity index (χ1) is 10.1. The van der Waals surface area contributed by atoms with Crippen LogP contribution in [-0.2, 0) is 6.54 Å². The van der Waals surface area contributed by atoms with E-state index in [0.29, 0.717) is 17.1 Å². The molecule has 0 saturated heterocycles. The number of halogens is 1. The maximum absolute atomic E-state index is 12.3. The Morgan fingerprint density at radius 3 is 2.81 bits per heavy atom. The van der Waals surface area contributed by atoms with Crippen molar-refractivity contribution in [1.29, 1.82) is 0 Å². The quantitative estimate of drug-likeness (QED) is 0.890. The van der Waals surface area contributed by atoms with Crippen LogP contribution < -0.4 is 10.6 Å². The summed E-state index contributed by atoms with van der Waals surface area (Å²) in [7, 11) is 0. The molecule has 1 heterocycles. The first-order valence-corrected chi connectivity index (χ1v) is 7.22. The molecule has 0 radical (unpaired) electrons. The van der Waals surface area contributed by atoms with Crippen LogP contribution >= 0.6 is 11.6 Å². The lowest BCUT2D eigenvalue weighted by Gasteiger charge is -2.11. The van der Waals surface area contributed by atoms with E-state index in [1.54, 1.807) is 12.1 Å². The number of pyridine rings is 1. The van der Waals surface area contributed by atoms with Crippen LogP contribution in [0.15, 0.2) is 36.4 Å². The average molecular weight is 304 g/mol. The number of aromatic nitrogens is 1. The van der Waals surface area contributed by atoms with E-state index in [4.69, 9.17) is 11.6 Å². The van der Waals surface area contributed by atoms with Gasteiger partial charge in [0.25, 0.3) is 5.91 Å². The molecule has 2 aromatic rings. The van der Waals surface area contributed by atoms with Gasteiger partial charge in [-0.05, 0) is 44.2 Å². The fourth-order valence-electron chi connectivity index (χ4n) is 2.01. The molecule has 0 spiro atoms. The van der Waals surface area contributed by atoms with Crippen molar-refractivity contribution < 1.29 is 4.79 Å². The molecule has 1 amide bonds. The van der Waals surface area contributed by atoms with Gasteiger partial charge in [-0.3, -0.25) is 9.78 Å². The Labute approximate surface area is 129 Å². The molecular weight excluding hydrogens is 286 g/mol. The van der Waals surface area contributed by atoms with E-state index < -0.39 is 0 Å². The number of hydrogen-bond acceptors (Lipinski definition) is 3. The first-order valence-electron chi connectivity index (χ1n) is 6.84. The Morgan fingerprint density at radius 1 is 1.29 bits per heavy atom. The Hall–Kier alpha value is -2.07. The summed E-state index contributed by atoms with van der Waals surface area (Å²) < 4.78 is 0. The molecule has 0 unspecified atom stereocenters. The van der Waals surface area contributed by atoms with Crippen molar-refractivity contribution in [2.24, 2.45) is 0 Å². The SMILES string of the molecule is CCNc1ccc(Cl)cc1C(=O)NCc1cccc(C)n1. The molecular formula is C16H18ClN3O. The smallest absolute Gasteiger partial charge is 0.253 e. The third-order valence-corrected chi connectivity index (χ3v) is 3.20. The van der Waals surface area contributed by atoms with E-state index >= 15 is 0 Å². The number of nitrogens with zero attached hydrogens (tertiary/aromatic N) is 1. The summed E-state index contributed by atoms with van der Waals surface area (Å²) in [6, 6.07) is 11.0. The zero-order valence-corrected chi connectivity index (χ0v) is 12.9. The minimum atomic E-state index is -0.170. The highest BCUT2D eigenvalue weighted by molar-refractivity contribution is 6.31. The van der Waals surface area contributed by atoms with E-state index in [1.807, 2.05) is 38.1 Å². The van der Waals surface area contributed by atoms with Gasteiger partial charge in [-0.25, -0.2) is 0 Å². The third kappa shape index (κ3) is 4.20. The number of amides is 1. The van der Waals surface area contributed by atoms with Gasteiger partial charge in [-0.2, -0.15) is 0 Å². The van der Waals surface area contributed by atoms with Crippen molar-refractivity contribution >= 4 is 23.2 Å². The molecule has 0 bridgehead atoms. The van der Waals surface area contributed by atoms with Crippen LogP contribution in [0.1, 0.15) is 28.7 Å². The molecule has 110 valence electrons. The molecule has 5 heteroatoms. The summed E-state index contributed by atoms with van der Waals surface area (Å²) in [5, 5.41) is 6.56. The van der Waals surface area contributed by atoms with Gasteiger partial charge in [-0.1, -0.05) is 17.7 Å². The zero-order chi connectivity index (χ0) is 15.2. The van der Waals surface area contributed by atoms with Crippen molar-refractivity contribution in [3.05, 3.63) is 58.4 Å². The molecule has 0 fully saturated rings. The Morgan fingerprint density at radius 2 is 2.10 bits per heavy atom. The molecule has 4 nitrogen and oxygen atoms in total. The zero-order valence-electron chi connectivity index (χ0n) is 12.1. The number of anilines is 1. The van der Waals surface area contributed by atoms with E-state index in [1.165, 1.54) is 0 Å². The molecule has 0 aliphatic heterocycles. The molecule has 2 rings (SSSR count). The third-order valence-electron chi connectivity index (χ3n) is 2.97. The maximum Gasteiger partial charge on any atom is 0.253 e. The molecule has 1 aromatic carbocycles. The fourth-order valence-corrected chi connectivity index (χ4v) is 2.19. The monoisotopic (exact) mass is 303 g/mol. The number of hydrogen-bond donors (Lipinski definition) is 2. The predicted octanol–water partition coefficient (Wildman–Crippen LogP) is 3.41. The highest BCUT2D eigenvalue weighted by Gasteiger charge is 2.11. The summed E-state index contributed by atoms with van der Waals surface area (Å²) in [5.74, 6) is -0.170. The first kappa shape index (κ1) is 15.3. The van der Waals surface area contributed by atoms with Crippen molar-refractivity contribution in [3.63, 3.8) is 0 Å². The topological polar surface area (TPSA) is 54.0 Å². The Bertz CT molecular complexity index is 643. The Balaban J connectivity index is 2.11. The highest BCUT2D eigenvalue weighted by atomic mass is 35.5. The largest absolute Gasteiger partial charge is 0.385 e. The van der Waals surface area contributed by atoms with Crippen LogP contribution in [-0.4, -0.2) is 17.4 Å². The predicted molar refractivity (Wildman–Crippen MR) is 85.8 cm³/mol. The van der Waals surface area contributed by atoms with E-state index in [2.05, 4.69) is 15.6 Å². The molecule has 2 N–H and O–H groups in total. The van der Waals surface area contributed by atoms with Gasteiger partial charge in [0.1, 0.15) is 0 Å². The van der Waals surface area contributed by atoms with Crippen LogP contribution in [0, 0.1) is 6.92 Å². The van der Waals surface area contributed by atoms with Crippen molar-refractivity contribution in [3.8, 4) is 0 Å². The van der Waals surface area contributed by atoms with Gasteiger partial charge < -0.3 is 10.6 Å². The van der Waals surface area contributed by atoms with Gasteiger partial charge in [0.15, 0.2) is 0 Å². The highest BCUT2D eigenvalue weighted by Crippen LogP contribution is 2.20. The number of benzene rings is 1. The molecule has 0 atom stereocenters. The van der Waals surface area contributed by atoms with Crippen LogP contribution in [0.3, 0.4) is 0 Å². The summed E-state index contributed by atoms with van der Waals surface area (Å²) >= 11 is 5.98. The average Bonchev–Trinajstić information content (AvgIpc) is 2.47. The van der Waals surface area contributed by atoms with Crippen LogP contribution in [0.4, 0.5) is 5.69 Å². The van der Waals surface area contributed by atoms with Gasteiger partial charge in [-0.15, -0.1) is 0 Å². The molecule has 0 aliphatic carbocycles. The number of carbonyl (C=O) groups is 1. The lowest BCUT2D eigenvalue weighted by atomic mass is 10.1. The second-order valence-electron chi connectivity index (χ2n) is 4.67. The number of aryl methyl sites for hydroxylation is 1. The summed E-state index contributed by atoms with van der Waals surface area (Å²) in [4.78, 5) is 16.7. The number of rotatable bonds is 5. The van der Waals surface area contributed by atoms with E-state index in [0.717, 1.165) is 23.6 Å². The second-order valence-corrected chi connectivity index (χ2v) is 5.11. The van der Waals surface area contributed by atoms with Gasteiger partial charge in [0, 0.05) is 22.9 Å². The second kappa shape index (κ2) is 7.09. The molecule has 1 aromatic heterocycles. The number of carbonyl (C=O) groups excluding carboxylic acids is 1. The lowest BCUT2D eigenvalue weighted by Crippen LogP contribution is -2.24. The fraction of sp³-hybridized carbons (Fsp3) is 0.250. The van der Waals surface area contributed by atoms with Crippen molar-refractivity contribution in [2.75, 3.05) is 11.9 Å². The molecule has 21 heavy (non-hydrogen) atoms. The van der Waals surface area contributed by atoms with Gasteiger partial charge in [0.2, 0.25) is 0 Å². The normalized spacial score (nSPS) is 10.2.